The Balaban J connectivity index is 2.74. The summed E-state index contributed by atoms with van der Waals surface area (Å²) in [5.74, 6) is 2.20. The first-order valence-corrected chi connectivity index (χ1v) is 6.86. The van der Waals surface area contributed by atoms with Gasteiger partial charge in [0.2, 0.25) is 0 Å². The molecule has 0 spiro atoms. The Hall–Kier alpha value is -0.870. The maximum Gasteiger partial charge on any atom is 0.118 e. The number of hydrogen-bond donors (Lipinski definition) is 1. The normalized spacial score (nSPS) is 14.4. The van der Waals surface area contributed by atoms with Gasteiger partial charge in [-0.3, -0.25) is 4.21 Å². The minimum atomic E-state index is -0.758. The Morgan fingerprint density at radius 1 is 1.38 bits per heavy atom. The molecule has 1 rings (SSSR count). The fourth-order valence-electron chi connectivity index (χ4n) is 1.49. The van der Waals surface area contributed by atoms with Gasteiger partial charge in [-0.2, -0.15) is 0 Å². The van der Waals surface area contributed by atoms with E-state index in [4.69, 9.17) is 4.74 Å². The van der Waals surface area contributed by atoms with Crippen LogP contribution >= 0.6 is 0 Å². The topological polar surface area (TPSA) is 38.3 Å². The van der Waals surface area contributed by atoms with Gasteiger partial charge in [-0.25, -0.2) is 0 Å². The van der Waals surface area contributed by atoms with Crippen LogP contribution in [0.15, 0.2) is 24.3 Å². The van der Waals surface area contributed by atoms with E-state index in [2.05, 4.69) is 5.32 Å². The quantitative estimate of drug-likeness (QED) is 0.824. The maximum absolute atomic E-state index is 11.5. The second kappa shape index (κ2) is 6.66. The molecule has 0 radical (unpaired) electrons. The zero-order valence-corrected chi connectivity index (χ0v) is 10.8. The second-order valence-corrected chi connectivity index (χ2v) is 5.30. The van der Waals surface area contributed by atoms with Gasteiger partial charge in [-0.1, -0.05) is 19.1 Å². The lowest BCUT2D eigenvalue weighted by Crippen LogP contribution is -2.23. The van der Waals surface area contributed by atoms with Crippen LogP contribution in [0.4, 0.5) is 0 Å². The number of hydrogen-bond acceptors (Lipinski definition) is 3. The van der Waals surface area contributed by atoms with E-state index in [9.17, 15) is 4.21 Å². The molecule has 0 amide bonds. The van der Waals surface area contributed by atoms with E-state index in [1.165, 1.54) is 0 Å². The van der Waals surface area contributed by atoms with Crippen LogP contribution in [0, 0.1) is 0 Å². The SMILES string of the molecule is CCS(=O)CC(NC)c1ccc(OC)cc1. The van der Waals surface area contributed by atoms with Crippen LogP contribution in [0.3, 0.4) is 0 Å². The Kier molecular flexibility index (Phi) is 5.49. The van der Waals surface area contributed by atoms with Gasteiger partial charge in [-0.05, 0) is 24.7 Å². The Bertz CT molecular complexity index is 337. The molecule has 1 N–H and O–H groups in total. The highest BCUT2D eigenvalue weighted by molar-refractivity contribution is 7.84. The van der Waals surface area contributed by atoms with E-state index >= 15 is 0 Å². The second-order valence-electron chi connectivity index (χ2n) is 3.51. The fraction of sp³-hybridized carbons (Fsp3) is 0.500. The van der Waals surface area contributed by atoms with Gasteiger partial charge in [0.25, 0.3) is 0 Å². The minimum absolute atomic E-state index is 0.145. The highest BCUT2D eigenvalue weighted by Gasteiger charge is 2.11. The molecular weight excluding hydrogens is 222 g/mol. The molecule has 16 heavy (non-hydrogen) atoms. The van der Waals surface area contributed by atoms with Crippen molar-refractivity contribution >= 4 is 10.8 Å². The number of methoxy groups -OCH3 is 1. The zero-order valence-electron chi connectivity index (χ0n) is 10.0. The van der Waals surface area contributed by atoms with Gasteiger partial charge in [0.15, 0.2) is 0 Å². The number of nitrogens with one attached hydrogen (secondary N) is 1. The number of ether oxygens (including phenoxy) is 1. The summed E-state index contributed by atoms with van der Waals surface area (Å²) >= 11 is 0. The standard InChI is InChI=1S/C12H19NO2S/c1-4-16(14)9-12(13-2)10-5-7-11(15-3)8-6-10/h5-8,12-13H,4,9H2,1-3H3. The van der Waals surface area contributed by atoms with E-state index in [1.54, 1.807) is 7.11 Å². The van der Waals surface area contributed by atoms with Crippen molar-refractivity contribution in [1.29, 1.82) is 0 Å². The summed E-state index contributed by atoms with van der Waals surface area (Å²) in [6.45, 7) is 1.94. The summed E-state index contributed by atoms with van der Waals surface area (Å²) in [4.78, 5) is 0. The van der Waals surface area contributed by atoms with Gasteiger partial charge in [0.05, 0.1) is 7.11 Å². The monoisotopic (exact) mass is 241 g/mol. The van der Waals surface area contributed by atoms with Gasteiger partial charge < -0.3 is 10.1 Å². The van der Waals surface area contributed by atoms with Crippen molar-refractivity contribution in [2.45, 2.75) is 13.0 Å². The third-order valence-corrected chi connectivity index (χ3v) is 3.89. The zero-order chi connectivity index (χ0) is 12.0. The average Bonchev–Trinajstić information content (AvgIpc) is 2.35. The molecule has 4 heteroatoms. The molecule has 0 saturated heterocycles. The summed E-state index contributed by atoms with van der Waals surface area (Å²) in [5.41, 5.74) is 1.14. The van der Waals surface area contributed by atoms with E-state index < -0.39 is 10.8 Å². The molecule has 0 saturated carbocycles. The van der Waals surface area contributed by atoms with Crippen LogP contribution in [0.5, 0.6) is 5.75 Å². The van der Waals surface area contributed by atoms with E-state index in [-0.39, 0.29) is 6.04 Å². The molecule has 90 valence electrons. The smallest absolute Gasteiger partial charge is 0.118 e. The summed E-state index contributed by atoms with van der Waals surface area (Å²) in [6, 6.07) is 8.01. The van der Waals surface area contributed by atoms with Crippen molar-refractivity contribution in [3.63, 3.8) is 0 Å². The number of benzene rings is 1. The van der Waals surface area contributed by atoms with Crippen molar-refractivity contribution in [2.24, 2.45) is 0 Å². The van der Waals surface area contributed by atoms with E-state index in [0.717, 1.165) is 11.3 Å². The molecule has 0 aliphatic carbocycles. The molecule has 1 aromatic carbocycles. The van der Waals surface area contributed by atoms with Gasteiger partial charge in [-0.15, -0.1) is 0 Å². The third kappa shape index (κ3) is 3.61. The molecule has 0 aliphatic heterocycles. The maximum atomic E-state index is 11.5. The molecule has 1 aromatic rings. The summed E-state index contributed by atoms with van der Waals surface area (Å²) in [6.07, 6.45) is 0. The van der Waals surface area contributed by atoms with Gasteiger partial charge in [0.1, 0.15) is 5.75 Å². The molecule has 0 heterocycles. The lowest BCUT2D eigenvalue weighted by atomic mass is 10.1. The van der Waals surface area contributed by atoms with Crippen LogP contribution in [0.25, 0.3) is 0 Å². The van der Waals surface area contributed by atoms with Gasteiger partial charge in [0, 0.05) is 28.3 Å². The molecule has 0 aromatic heterocycles. The summed E-state index contributed by atoms with van der Waals surface area (Å²) < 4.78 is 16.6. The summed E-state index contributed by atoms with van der Waals surface area (Å²) in [5, 5.41) is 3.19. The molecule has 0 aliphatic rings. The lowest BCUT2D eigenvalue weighted by molar-refractivity contribution is 0.414. The fourth-order valence-corrected chi connectivity index (χ4v) is 2.45. The van der Waals surface area contributed by atoms with Crippen molar-refractivity contribution in [3.05, 3.63) is 29.8 Å². The Morgan fingerprint density at radius 3 is 2.44 bits per heavy atom. The largest absolute Gasteiger partial charge is 0.497 e. The molecular formula is C12H19NO2S. The molecule has 3 nitrogen and oxygen atoms in total. The van der Waals surface area contributed by atoms with Crippen LogP contribution < -0.4 is 10.1 Å². The molecule has 0 fully saturated rings. The average molecular weight is 241 g/mol. The van der Waals surface area contributed by atoms with Crippen molar-refractivity contribution in [2.75, 3.05) is 25.7 Å². The number of rotatable bonds is 6. The van der Waals surface area contributed by atoms with Crippen LogP contribution in [0.1, 0.15) is 18.5 Å². The first-order valence-electron chi connectivity index (χ1n) is 5.37. The third-order valence-electron chi connectivity index (χ3n) is 2.54. The molecule has 0 bridgehead atoms. The first kappa shape index (κ1) is 13.2. The van der Waals surface area contributed by atoms with Crippen molar-refractivity contribution in [1.82, 2.24) is 5.32 Å². The van der Waals surface area contributed by atoms with Crippen molar-refractivity contribution < 1.29 is 8.95 Å². The first-order chi connectivity index (χ1) is 7.71. The highest BCUT2D eigenvalue weighted by atomic mass is 32.2. The minimum Gasteiger partial charge on any atom is -0.497 e. The Morgan fingerprint density at radius 2 is 2.00 bits per heavy atom. The molecule has 2 atom stereocenters. The van der Waals surface area contributed by atoms with E-state index in [0.29, 0.717) is 11.5 Å². The van der Waals surface area contributed by atoms with Crippen LogP contribution in [-0.2, 0) is 10.8 Å². The van der Waals surface area contributed by atoms with Crippen LogP contribution in [0.2, 0.25) is 0 Å². The predicted octanol–water partition coefficient (Wildman–Crippen LogP) is 1.72. The lowest BCUT2D eigenvalue weighted by Gasteiger charge is -2.16. The summed E-state index contributed by atoms with van der Waals surface area (Å²) in [7, 11) is 2.78. The molecule has 2 unspecified atom stereocenters. The highest BCUT2D eigenvalue weighted by Crippen LogP contribution is 2.18. The van der Waals surface area contributed by atoms with Gasteiger partial charge >= 0.3 is 0 Å². The van der Waals surface area contributed by atoms with Crippen LogP contribution in [-0.4, -0.2) is 29.9 Å². The predicted molar refractivity (Wildman–Crippen MR) is 68.3 cm³/mol. The Labute approximate surface area is 99.7 Å². The van der Waals surface area contributed by atoms with E-state index in [1.807, 2.05) is 38.2 Å². The van der Waals surface area contributed by atoms with Crippen molar-refractivity contribution in [3.8, 4) is 5.75 Å².